The van der Waals surface area contributed by atoms with Crippen molar-refractivity contribution in [1.29, 1.82) is 0 Å². The van der Waals surface area contributed by atoms with Gasteiger partial charge in [-0.1, -0.05) is 91.2 Å². The number of sulfonamides is 1. The summed E-state index contributed by atoms with van der Waals surface area (Å²) < 4.78 is 70.6. The average molecular weight is 692 g/mol. The molecule has 0 aromatic heterocycles. The molecule has 5 rings (SSSR count). The van der Waals surface area contributed by atoms with Crippen LogP contribution in [0.25, 0.3) is 0 Å². The molecule has 1 aliphatic carbocycles. The normalized spacial score (nSPS) is 14.3. The van der Waals surface area contributed by atoms with E-state index < -0.39 is 40.3 Å². The monoisotopic (exact) mass is 691 g/mol. The Labute approximate surface area is 285 Å². The molecule has 7 nitrogen and oxygen atoms in total. The quantitative estimate of drug-likeness (QED) is 0.170. The van der Waals surface area contributed by atoms with Crippen LogP contribution >= 0.6 is 0 Å². The molecule has 1 fully saturated rings. The molecule has 0 saturated heterocycles. The Morgan fingerprint density at radius 1 is 0.857 bits per heavy atom. The molecule has 2 amide bonds. The van der Waals surface area contributed by atoms with Gasteiger partial charge < -0.3 is 10.2 Å². The van der Waals surface area contributed by atoms with Crippen molar-refractivity contribution < 1.29 is 31.2 Å². The number of amides is 2. The molecule has 11 heteroatoms. The first-order valence-electron chi connectivity index (χ1n) is 16.3. The minimum absolute atomic E-state index is 0.0257. The maximum Gasteiger partial charge on any atom is 0.416 e. The highest BCUT2D eigenvalue weighted by atomic mass is 32.2. The van der Waals surface area contributed by atoms with E-state index in [0.717, 1.165) is 66.1 Å². The van der Waals surface area contributed by atoms with Gasteiger partial charge in [0, 0.05) is 19.0 Å². The van der Waals surface area contributed by atoms with Crippen molar-refractivity contribution in [3.05, 3.63) is 131 Å². The lowest BCUT2D eigenvalue weighted by molar-refractivity contribution is -0.140. The summed E-state index contributed by atoms with van der Waals surface area (Å²) in [5.41, 5.74) is 1.79. The molecule has 0 unspecified atom stereocenters. The van der Waals surface area contributed by atoms with Gasteiger partial charge in [-0.2, -0.15) is 13.2 Å². The fourth-order valence-electron chi connectivity index (χ4n) is 6.10. The molecule has 1 aliphatic rings. The molecule has 0 bridgehead atoms. The van der Waals surface area contributed by atoms with Gasteiger partial charge in [0.15, 0.2) is 0 Å². The summed E-state index contributed by atoms with van der Waals surface area (Å²) in [6.45, 7) is 2.78. The van der Waals surface area contributed by atoms with Crippen molar-refractivity contribution in [2.75, 3.05) is 10.8 Å². The van der Waals surface area contributed by atoms with E-state index in [1.165, 1.54) is 23.1 Å². The largest absolute Gasteiger partial charge is 0.416 e. The van der Waals surface area contributed by atoms with Crippen LogP contribution in [0.15, 0.2) is 108 Å². The zero-order valence-corrected chi connectivity index (χ0v) is 28.3. The zero-order chi connectivity index (χ0) is 35.2. The smallest absolute Gasteiger partial charge is 0.352 e. The maximum absolute atomic E-state index is 14.6. The highest BCUT2D eigenvalue weighted by molar-refractivity contribution is 7.92. The van der Waals surface area contributed by atoms with Crippen molar-refractivity contribution in [2.24, 2.45) is 0 Å². The highest BCUT2D eigenvalue weighted by Gasteiger charge is 2.37. The topological polar surface area (TPSA) is 86.8 Å². The van der Waals surface area contributed by atoms with Gasteiger partial charge in [-0.05, 0) is 73.7 Å². The number of hydrogen-bond acceptors (Lipinski definition) is 4. The SMILES string of the molecule is Cc1ccc(S(=O)(=O)N(CC(=O)N(Cc2ccccc2C)[C@@H](Cc2ccccc2)C(=O)NC2CCCC2)c2cccc(C(F)(F)F)c2)cc1. The van der Waals surface area contributed by atoms with Crippen LogP contribution < -0.4 is 9.62 Å². The zero-order valence-electron chi connectivity index (χ0n) is 27.5. The molecule has 1 saturated carbocycles. The number of halogens is 3. The Morgan fingerprint density at radius 2 is 1.51 bits per heavy atom. The van der Waals surface area contributed by atoms with Crippen molar-refractivity contribution >= 4 is 27.5 Å². The summed E-state index contributed by atoms with van der Waals surface area (Å²) in [5, 5.41) is 3.12. The van der Waals surface area contributed by atoms with Crippen LogP contribution in [0, 0.1) is 13.8 Å². The van der Waals surface area contributed by atoms with Gasteiger partial charge in [-0.25, -0.2) is 8.42 Å². The number of aryl methyl sites for hydroxylation is 2. The number of nitrogens with one attached hydrogen (secondary N) is 1. The molecule has 0 spiro atoms. The van der Waals surface area contributed by atoms with Crippen LogP contribution in [0.4, 0.5) is 18.9 Å². The molecule has 0 heterocycles. The Balaban J connectivity index is 1.60. The Hall–Kier alpha value is -4.64. The van der Waals surface area contributed by atoms with Crippen molar-refractivity contribution in [3.63, 3.8) is 0 Å². The molecular formula is C38H40F3N3O4S. The third-order valence-corrected chi connectivity index (χ3v) is 10.7. The second kappa shape index (κ2) is 15.3. The lowest BCUT2D eigenvalue weighted by Gasteiger charge is -2.34. The molecule has 4 aromatic rings. The third-order valence-electron chi connectivity index (χ3n) is 8.92. The number of carbonyl (C=O) groups is 2. The maximum atomic E-state index is 14.6. The molecule has 0 aliphatic heterocycles. The van der Waals surface area contributed by atoms with E-state index in [2.05, 4.69) is 5.32 Å². The van der Waals surface area contributed by atoms with E-state index in [9.17, 15) is 31.2 Å². The fourth-order valence-corrected chi connectivity index (χ4v) is 7.50. The van der Waals surface area contributed by atoms with E-state index >= 15 is 0 Å². The number of benzene rings is 4. The number of carbonyl (C=O) groups excluding carboxylic acids is 2. The minimum Gasteiger partial charge on any atom is -0.352 e. The summed E-state index contributed by atoms with van der Waals surface area (Å²) >= 11 is 0. The molecule has 0 radical (unpaired) electrons. The lowest BCUT2D eigenvalue weighted by atomic mass is 10.0. The summed E-state index contributed by atoms with van der Waals surface area (Å²) in [6.07, 6.45) is -1.03. The van der Waals surface area contributed by atoms with Crippen molar-refractivity contribution in [3.8, 4) is 0 Å². The van der Waals surface area contributed by atoms with Crippen LogP contribution in [-0.4, -0.2) is 43.8 Å². The summed E-state index contributed by atoms with van der Waals surface area (Å²) in [6, 6.07) is 25.2. The summed E-state index contributed by atoms with van der Waals surface area (Å²) in [5.74, 6) is -1.11. The number of nitrogens with zero attached hydrogens (tertiary/aromatic N) is 2. The van der Waals surface area contributed by atoms with Gasteiger partial charge in [0.25, 0.3) is 10.0 Å². The first-order chi connectivity index (χ1) is 23.3. The van der Waals surface area contributed by atoms with Crippen LogP contribution in [0.3, 0.4) is 0 Å². The third kappa shape index (κ3) is 8.89. The predicted molar refractivity (Wildman–Crippen MR) is 183 cm³/mol. The van der Waals surface area contributed by atoms with E-state index in [4.69, 9.17) is 0 Å². The second-order valence-electron chi connectivity index (χ2n) is 12.5. The average Bonchev–Trinajstić information content (AvgIpc) is 3.59. The number of anilines is 1. The van der Waals surface area contributed by atoms with Gasteiger partial charge in [-0.3, -0.25) is 13.9 Å². The molecule has 4 aromatic carbocycles. The van der Waals surface area contributed by atoms with Crippen molar-refractivity contribution in [1.82, 2.24) is 10.2 Å². The van der Waals surface area contributed by atoms with Gasteiger partial charge in [0.1, 0.15) is 12.6 Å². The summed E-state index contributed by atoms with van der Waals surface area (Å²) in [4.78, 5) is 30.0. The fraction of sp³-hybridized carbons (Fsp3) is 0.316. The van der Waals surface area contributed by atoms with Crippen LogP contribution in [-0.2, 0) is 38.8 Å². The first-order valence-corrected chi connectivity index (χ1v) is 17.7. The van der Waals surface area contributed by atoms with Crippen LogP contribution in [0.1, 0.15) is 53.5 Å². The standard InChI is InChI=1S/C38H40F3N3O4S/c1-27-19-21-34(22-20-27)49(47,48)44(33-18-10-15-31(24-33)38(39,40)41)26-36(45)43(25-30-14-7-6-11-28(30)2)35(23-29-12-4-3-5-13-29)37(46)42-32-16-8-9-17-32/h3-7,10-15,18-22,24,32,35H,8-9,16-17,23,25-26H2,1-2H3,(H,42,46)/t35-/m0/s1. The van der Waals surface area contributed by atoms with E-state index in [0.29, 0.717) is 4.31 Å². The molecule has 1 atom stereocenters. The van der Waals surface area contributed by atoms with Crippen molar-refractivity contribution in [2.45, 2.75) is 75.7 Å². The van der Waals surface area contributed by atoms with Gasteiger partial charge >= 0.3 is 6.18 Å². The summed E-state index contributed by atoms with van der Waals surface area (Å²) in [7, 11) is -4.55. The minimum atomic E-state index is -4.75. The molecular weight excluding hydrogens is 651 g/mol. The number of hydrogen-bond donors (Lipinski definition) is 1. The van der Waals surface area contributed by atoms with Crippen LogP contribution in [0.5, 0.6) is 0 Å². The number of alkyl halides is 3. The molecule has 49 heavy (non-hydrogen) atoms. The van der Waals surface area contributed by atoms with Crippen LogP contribution in [0.2, 0.25) is 0 Å². The Morgan fingerprint density at radius 3 is 2.16 bits per heavy atom. The van der Waals surface area contributed by atoms with E-state index in [1.54, 1.807) is 19.1 Å². The van der Waals surface area contributed by atoms with Gasteiger partial charge in [0.2, 0.25) is 11.8 Å². The predicted octanol–water partition coefficient (Wildman–Crippen LogP) is 7.22. The Kier molecular flexibility index (Phi) is 11.1. The van der Waals surface area contributed by atoms with E-state index in [-0.39, 0.29) is 35.5 Å². The van der Waals surface area contributed by atoms with Gasteiger partial charge in [0.05, 0.1) is 16.1 Å². The second-order valence-corrected chi connectivity index (χ2v) is 14.4. The highest BCUT2D eigenvalue weighted by Crippen LogP contribution is 2.33. The van der Waals surface area contributed by atoms with E-state index in [1.807, 2.05) is 61.5 Å². The van der Waals surface area contributed by atoms with Gasteiger partial charge in [-0.15, -0.1) is 0 Å². The molecule has 1 N–H and O–H groups in total. The lowest BCUT2D eigenvalue weighted by Crippen LogP contribution is -2.54. The molecule has 258 valence electrons. The first kappa shape index (κ1) is 35.7. The Bertz CT molecular complexity index is 1860. The number of rotatable bonds is 12.